The molecule has 5 heteroatoms. The first-order valence-corrected chi connectivity index (χ1v) is 8.96. The molecule has 0 bridgehead atoms. The van der Waals surface area contributed by atoms with Crippen molar-refractivity contribution in [1.82, 2.24) is 10.2 Å². The van der Waals surface area contributed by atoms with Crippen LogP contribution in [0.4, 0.5) is 0 Å². The molecule has 1 saturated carbocycles. The summed E-state index contributed by atoms with van der Waals surface area (Å²) in [5, 5.41) is 5.43. The van der Waals surface area contributed by atoms with Crippen LogP contribution in [0.1, 0.15) is 36.7 Å². The third-order valence-corrected chi connectivity index (χ3v) is 6.63. The number of hydrogen-bond donors (Lipinski definition) is 1. The van der Waals surface area contributed by atoms with E-state index < -0.39 is 0 Å². The maximum atomic E-state index is 12.2. The van der Waals surface area contributed by atoms with Crippen molar-refractivity contribution in [2.24, 2.45) is 0 Å². The quantitative estimate of drug-likeness (QED) is 0.927. The third kappa shape index (κ3) is 2.56. The molecular weight excluding hydrogens is 276 g/mol. The second-order valence-electron chi connectivity index (χ2n) is 5.41. The van der Waals surface area contributed by atoms with Crippen molar-refractivity contribution >= 4 is 29.0 Å². The zero-order chi connectivity index (χ0) is 13.3. The molecule has 1 aromatic heterocycles. The Labute approximate surface area is 122 Å². The van der Waals surface area contributed by atoms with Gasteiger partial charge in [-0.15, -0.1) is 11.3 Å². The van der Waals surface area contributed by atoms with Crippen LogP contribution in [0.2, 0.25) is 0 Å². The van der Waals surface area contributed by atoms with Gasteiger partial charge in [0.2, 0.25) is 5.91 Å². The topological polar surface area (TPSA) is 32.3 Å². The van der Waals surface area contributed by atoms with Crippen LogP contribution in [0.5, 0.6) is 0 Å². The van der Waals surface area contributed by atoms with Crippen molar-refractivity contribution in [3.8, 4) is 0 Å². The Bertz CT molecular complexity index is 440. The lowest BCUT2D eigenvalue weighted by molar-refractivity contribution is -0.128. The summed E-state index contributed by atoms with van der Waals surface area (Å²) in [4.78, 5) is 15.5. The Kier molecular flexibility index (Phi) is 3.87. The van der Waals surface area contributed by atoms with Crippen molar-refractivity contribution in [2.45, 2.75) is 36.6 Å². The number of thiophene rings is 1. The molecular formula is C14H20N2OS2. The average molecular weight is 296 g/mol. The SMILES string of the molecule is CSC1(CN2C(=O)CNC2c2cccs2)CCCC1. The standard InChI is InChI=1S/C14H20N2OS2/c1-18-14(6-2-3-7-14)10-16-12(17)9-15-13(16)11-5-4-8-19-11/h4-5,8,13,15H,2-3,6-7,9-10H2,1H3. The van der Waals surface area contributed by atoms with E-state index in [1.807, 2.05) is 11.8 Å². The first-order valence-electron chi connectivity index (χ1n) is 6.85. The van der Waals surface area contributed by atoms with Crippen molar-refractivity contribution in [2.75, 3.05) is 19.3 Å². The van der Waals surface area contributed by atoms with E-state index in [0.717, 1.165) is 6.54 Å². The predicted molar refractivity (Wildman–Crippen MR) is 81.5 cm³/mol. The largest absolute Gasteiger partial charge is 0.320 e. The summed E-state index contributed by atoms with van der Waals surface area (Å²) in [5.41, 5.74) is 0. The molecule has 1 amide bonds. The number of nitrogens with zero attached hydrogens (tertiary/aromatic N) is 1. The zero-order valence-corrected chi connectivity index (χ0v) is 12.9. The lowest BCUT2D eigenvalue weighted by Crippen LogP contribution is -2.41. The van der Waals surface area contributed by atoms with Crippen LogP contribution in [-0.4, -0.2) is 34.9 Å². The van der Waals surface area contributed by atoms with Gasteiger partial charge in [0.25, 0.3) is 0 Å². The predicted octanol–water partition coefficient (Wildman–Crippen LogP) is 2.85. The molecule has 104 valence electrons. The van der Waals surface area contributed by atoms with Gasteiger partial charge in [-0.25, -0.2) is 0 Å². The van der Waals surface area contributed by atoms with Gasteiger partial charge in [-0.05, 0) is 30.5 Å². The molecule has 0 spiro atoms. The molecule has 3 rings (SSSR count). The van der Waals surface area contributed by atoms with Crippen molar-refractivity contribution in [3.63, 3.8) is 0 Å². The minimum absolute atomic E-state index is 0.0946. The number of hydrogen-bond acceptors (Lipinski definition) is 4. The fourth-order valence-corrected chi connectivity index (χ4v) is 4.95. The Hall–Kier alpha value is -0.520. The van der Waals surface area contributed by atoms with E-state index in [9.17, 15) is 4.79 Å². The number of amides is 1. The Morgan fingerprint density at radius 1 is 1.53 bits per heavy atom. The van der Waals surface area contributed by atoms with E-state index >= 15 is 0 Å². The van der Waals surface area contributed by atoms with Crippen molar-refractivity contribution in [1.29, 1.82) is 0 Å². The number of nitrogens with one attached hydrogen (secondary N) is 1. The number of carbonyl (C=O) groups is 1. The second-order valence-corrected chi connectivity index (χ2v) is 7.67. The van der Waals surface area contributed by atoms with E-state index in [1.54, 1.807) is 11.3 Å². The number of carbonyl (C=O) groups excluding carboxylic acids is 1. The summed E-state index contributed by atoms with van der Waals surface area (Å²) >= 11 is 3.68. The van der Waals surface area contributed by atoms with Gasteiger partial charge >= 0.3 is 0 Å². The molecule has 1 N–H and O–H groups in total. The van der Waals surface area contributed by atoms with Gasteiger partial charge in [-0.1, -0.05) is 18.9 Å². The Balaban J connectivity index is 1.79. The summed E-state index contributed by atoms with van der Waals surface area (Å²) < 4.78 is 0.289. The fourth-order valence-electron chi connectivity index (χ4n) is 3.18. The Morgan fingerprint density at radius 3 is 2.95 bits per heavy atom. The molecule has 2 fully saturated rings. The summed E-state index contributed by atoms with van der Waals surface area (Å²) in [7, 11) is 0. The zero-order valence-electron chi connectivity index (χ0n) is 11.2. The monoisotopic (exact) mass is 296 g/mol. The van der Waals surface area contributed by atoms with Crippen LogP contribution < -0.4 is 5.32 Å². The molecule has 1 aromatic rings. The summed E-state index contributed by atoms with van der Waals surface area (Å²) in [6.45, 7) is 1.37. The molecule has 2 heterocycles. The van der Waals surface area contributed by atoms with Crippen LogP contribution in [-0.2, 0) is 4.79 Å². The van der Waals surface area contributed by atoms with E-state index in [-0.39, 0.29) is 16.8 Å². The van der Waals surface area contributed by atoms with Crippen LogP contribution in [0.25, 0.3) is 0 Å². The molecule has 0 aromatic carbocycles. The van der Waals surface area contributed by atoms with Gasteiger partial charge in [-0.2, -0.15) is 11.8 Å². The summed E-state index contributed by atoms with van der Waals surface area (Å²) in [6, 6.07) is 4.18. The summed E-state index contributed by atoms with van der Waals surface area (Å²) in [6.07, 6.45) is 7.39. The molecule has 1 saturated heterocycles. The molecule has 2 aliphatic rings. The lowest BCUT2D eigenvalue weighted by atomic mass is 10.1. The van der Waals surface area contributed by atoms with Crippen LogP contribution in [0, 0.1) is 0 Å². The highest BCUT2D eigenvalue weighted by atomic mass is 32.2. The summed E-state index contributed by atoms with van der Waals surface area (Å²) in [5.74, 6) is 0.249. The second kappa shape index (κ2) is 5.46. The van der Waals surface area contributed by atoms with Gasteiger partial charge in [0.15, 0.2) is 0 Å². The van der Waals surface area contributed by atoms with Crippen molar-refractivity contribution < 1.29 is 4.79 Å². The number of rotatable bonds is 4. The van der Waals surface area contributed by atoms with Crippen LogP contribution in [0.15, 0.2) is 17.5 Å². The van der Waals surface area contributed by atoms with Crippen molar-refractivity contribution in [3.05, 3.63) is 22.4 Å². The molecule has 0 radical (unpaired) electrons. The van der Waals surface area contributed by atoms with Gasteiger partial charge < -0.3 is 4.90 Å². The Morgan fingerprint density at radius 2 is 2.32 bits per heavy atom. The van der Waals surface area contributed by atoms with E-state index in [4.69, 9.17) is 0 Å². The van der Waals surface area contributed by atoms with Crippen LogP contribution >= 0.6 is 23.1 Å². The highest BCUT2D eigenvalue weighted by Crippen LogP contribution is 2.42. The minimum Gasteiger partial charge on any atom is -0.320 e. The highest BCUT2D eigenvalue weighted by molar-refractivity contribution is 8.00. The lowest BCUT2D eigenvalue weighted by Gasteiger charge is -2.34. The first-order chi connectivity index (χ1) is 9.24. The maximum Gasteiger partial charge on any atom is 0.238 e. The smallest absolute Gasteiger partial charge is 0.238 e. The van der Waals surface area contributed by atoms with Gasteiger partial charge in [0.05, 0.1) is 6.54 Å². The molecule has 19 heavy (non-hydrogen) atoms. The fraction of sp³-hybridized carbons (Fsp3) is 0.643. The minimum atomic E-state index is 0.0946. The van der Waals surface area contributed by atoms with E-state index in [0.29, 0.717) is 6.54 Å². The van der Waals surface area contributed by atoms with Gasteiger partial charge in [0, 0.05) is 16.2 Å². The van der Waals surface area contributed by atoms with E-state index in [2.05, 4.69) is 34.0 Å². The molecule has 3 nitrogen and oxygen atoms in total. The highest BCUT2D eigenvalue weighted by Gasteiger charge is 2.41. The third-order valence-electron chi connectivity index (χ3n) is 4.30. The number of thioether (sulfide) groups is 1. The van der Waals surface area contributed by atoms with Gasteiger partial charge in [0.1, 0.15) is 6.17 Å². The molecule has 1 atom stereocenters. The average Bonchev–Trinajstić information content (AvgIpc) is 3.13. The van der Waals surface area contributed by atoms with E-state index in [1.165, 1.54) is 30.6 Å². The molecule has 1 aliphatic carbocycles. The molecule has 1 aliphatic heterocycles. The molecule has 1 unspecified atom stereocenters. The normalized spacial score (nSPS) is 26.3. The van der Waals surface area contributed by atoms with Gasteiger partial charge in [-0.3, -0.25) is 10.1 Å². The van der Waals surface area contributed by atoms with Crippen LogP contribution in [0.3, 0.4) is 0 Å². The maximum absolute atomic E-state index is 12.2. The first kappa shape index (κ1) is 13.5.